The summed E-state index contributed by atoms with van der Waals surface area (Å²) in [5.41, 5.74) is 0.616. The highest BCUT2D eigenvalue weighted by atomic mass is 35.5. The Labute approximate surface area is 110 Å². The second-order valence-corrected chi connectivity index (χ2v) is 4.98. The van der Waals surface area contributed by atoms with Gasteiger partial charge in [0, 0.05) is 18.2 Å². The highest BCUT2D eigenvalue weighted by Gasteiger charge is 2.20. The van der Waals surface area contributed by atoms with Crippen LogP contribution in [0.2, 0.25) is 5.02 Å². The molecule has 2 N–H and O–H groups in total. The molecule has 0 saturated heterocycles. The van der Waals surface area contributed by atoms with E-state index in [1.165, 1.54) is 18.2 Å². The van der Waals surface area contributed by atoms with E-state index in [1.54, 1.807) is 0 Å². The van der Waals surface area contributed by atoms with Crippen LogP contribution < -0.4 is 5.32 Å². The molecule has 0 spiro atoms. The molecule has 6 heteroatoms. The molecule has 1 saturated carbocycles. The molecule has 0 bridgehead atoms. The van der Waals surface area contributed by atoms with Gasteiger partial charge in [0.1, 0.15) is 0 Å². The monoisotopic (exact) mass is 270 g/mol. The van der Waals surface area contributed by atoms with Gasteiger partial charge in [-0.05, 0) is 31.7 Å². The minimum atomic E-state index is -0.438. The predicted molar refractivity (Wildman–Crippen MR) is 70.0 cm³/mol. The summed E-state index contributed by atoms with van der Waals surface area (Å²) < 4.78 is 0. The summed E-state index contributed by atoms with van der Waals surface area (Å²) in [6, 6.07) is 4.58. The lowest BCUT2D eigenvalue weighted by atomic mass is 9.93. The molecule has 18 heavy (non-hydrogen) atoms. The Morgan fingerprint density at radius 1 is 1.33 bits per heavy atom. The summed E-state index contributed by atoms with van der Waals surface area (Å²) in [4.78, 5) is 10.3. The van der Waals surface area contributed by atoms with Crippen LogP contribution in [0.25, 0.3) is 0 Å². The van der Waals surface area contributed by atoms with E-state index in [9.17, 15) is 15.2 Å². The molecule has 1 aromatic rings. The Balaban J connectivity index is 2.08. The fraction of sp³-hybridized carbons (Fsp3) is 0.500. The maximum absolute atomic E-state index is 10.7. The zero-order valence-corrected chi connectivity index (χ0v) is 10.6. The number of nitro benzene ring substituents is 1. The van der Waals surface area contributed by atoms with Gasteiger partial charge in [-0.2, -0.15) is 0 Å². The van der Waals surface area contributed by atoms with Crippen molar-refractivity contribution >= 4 is 23.0 Å². The van der Waals surface area contributed by atoms with Crippen LogP contribution in [0.1, 0.15) is 25.7 Å². The van der Waals surface area contributed by atoms with Gasteiger partial charge in [-0.25, -0.2) is 0 Å². The van der Waals surface area contributed by atoms with Crippen LogP contribution in [-0.2, 0) is 0 Å². The van der Waals surface area contributed by atoms with E-state index in [1.807, 2.05) is 0 Å². The molecule has 1 aliphatic carbocycles. The number of nitrogens with zero attached hydrogens (tertiary/aromatic N) is 1. The molecule has 1 aromatic carbocycles. The smallest absolute Gasteiger partial charge is 0.271 e. The standard InChI is InChI=1S/C12H15ClN2O3/c13-11-6-3-9(15(17)18)7-12(11)14-8-1-4-10(16)5-2-8/h3,6-8,10,14,16H,1-2,4-5H2. The first kappa shape index (κ1) is 13.1. The summed E-state index contributed by atoms with van der Waals surface area (Å²) in [5, 5.41) is 23.8. The first-order valence-electron chi connectivity index (χ1n) is 5.95. The van der Waals surface area contributed by atoms with E-state index in [2.05, 4.69) is 5.32 Å². The molecule has 0 heterocycles. The number of nitrogens with one attached hydrogen (secondary N) is 1. The van der Waals surface area contributed by atoms with Gasteiger partial charge in [0.25, 0.3) is 5.69 Å². The number of anilines is 1. The summed E-state index contributed by atoms with van der Waals surface area (Å²) in [6.45, 7) is 0. The van der Waals surface area contributed by atoms with Crippen LogP contribution in [0.3, 0.4) is 0 Å². The Morgan fingerprint density at radius 3 is 2.61 bits per heavy atom. The molecular weight excluding hydrogens is 256 g/mol. The minimum absolute atomic E-state index is 0.0257. The summed E-state index contributed by atoms with van der Waals surface area (Å²) in [6.07, 6.45) is 2.98. The van der Waals surface area contributed by atoms with Crippen LogP contribution in [0.4, 0.5) is 11.4 Å². The van der Waals surface area contributed by atoms with Gasteiger partial charge < -0.3 is 10.4 Å². The van der Waals surface area contributed by atoms with Crippen molar-refractivity contribution in [2.24, 2.45) is 0 Å². The molecule has 0 atom stereocenters. The van der Waals surface area contributed by atoms with Crippen molar-refractivity contribution in [3.8, 4) is 0 Å². The molecule has 0 unspecified atom stereocenters. The number of non-ortho nitro benzene ring substituents is 1. The van der Waals surface area contributed by atoms with Gasteiger partial charge in [-0.3, -0.25) is 10.1 Å². The van der Waals surface area contributed by atoms with Crippen molar-refractivity contribution in [2.45, 2.75) is 37.8 Å². The third-order valence-electron chi connectivity index (χ3n) is 3.22. The number of hydrogen-bond donors (Lipinski definition) is 2. The molecule has 98 valence electrons. The first-order chi connectivity index (χ1) is 8.56. The largest absolute Gasteiger partial charge is 0.393 e. The number of nitro groups is 1. The van der Waals surface area contributed by atoms with Crippen LogP contribution >= 0.6 is 11.6 Å². The molecule has 0 amide bonds. The molecule has 0 radical (unpaired) electrons. The Kier molecular flexibility index (Phi) is 4.04. The normalized spacial score (nSPS) is 23.7. The van der Waals surface area contributed by atoms with Gasteiger partial charge in [0.05, 0.1) is 21.7 Å². The molecule has 1 fully saturated rings. The molecular formula is C12H15ClN2O3. The number of rotatable bonds is 3. The van der Waals surface area contributed by atoms with Crippen LogP contribution in [-0.4, -0.2) is 22.2 Å². The predicted octanol–water partition coefficient (Wildman–Crippen LogP) is 2.96. The second-order valence-electron chi connectivity index (χ2n) is 4.57. The lowest BCUT2D eigenvalue weighted by Crippen LogP contribution is -2.28. The molecule has 2 rings (SSSR count). The summed E-state index contributed by atoms with van der Waals surface area (Å²) >= 11 is 6.01. The van der Waals surface area contributed by atoms with Gasteiger partial charge in [-0.15, -0.1) is 0 Å². The van der Waals surface area contributed by atoms with Crippen molar-refractivity contribution in [1.82, 2.24) is 0 Å². The van der Waals surface area contributed by atoms with Gasteiger partial charge >= 0.3 is 0 Å². The summed E-state index contributed by atoms with van der Waals surface area (Å²) in [5.74, 6) is 0. The van der Waals surface area contributed by atoms with Gasteiger partial charge in [-0.1, -0.05) is 11.6 Å². The lowest BCUT2D eigenvalue weighted by Gasteiger charge is -2.27. The molecule has 5 nitrogen and oxygen atoms in total. The average Bonchev–Trinajstić information content (AvgIpc) is 2.34. The minimum Gasteiger partial charge on any atom is -0.393 e. The fourth-order valence-electron chi connectivity index (χ4n) is 2.18. The Hall–Kier alpha value is -1.33. The van der Waals surface area contributed by atoms with Crippen molar-refractivity contribution in [1.29, 1.82) is 0 Å². The molecule has 0 aliphatic heterocycles. The van der Waals surface area contributed by atoms with Crippen LogP contribution in [0, 0.1) is 10.1 Å². The van der Waals surface area contributed by atoms with Crippen LogP contribution in [0.15, 0.2) is 18.2 Å². The number of aliphatic hydroxyl groups is 1. The van der Waals surface area contributed by atoms with E-state index in [4.69, 9.17) is 11.6 Å². The number of halogens is 1. The second kappa shape index (κ2) is 5.54. The van der Waals surface area contributed by atoms with E-state index < -0.39 is 4.92 Å². The number of hydrogen-bond acceptors (Lipinski definition) is 4. The van der Waals surface area contributed by atoms with E-state index in [-0.39, 0.29) is 17.8 Å². The SMILES string of the molecule is O=[N+]([O-])c1ccc(Cl)c(NC2CCC(O)CC2)c1. The molecule has 0 aromatic heterocycles. The van der Waals surface area contributed by atoms with E-state index >= 15 is 0 Å². The van der Waals surface area contributed by atoms with E-state index in [0.29, 0.717) is 10.7 Å². The maximum Gasteiger partial charge on any atom is 0.271 e. The number of aliphatic hydroxyl groups excluding tert-OH is 1. The Morgan fingerprint density at radius 2 is 2.00 bits per heavy atom. The third-order valence-corrected chi connectivity index (χ3v) is 3.55. The zero-order chi connectivity index (χ0) is 13.1. The van der Waals surface area contributed by atoms with Crippen molar-refractivity contribution in [2.75, 3.05) is 5.32 Å². The maximum atomic E-state index is 10.7. The van der Waals surface area contributed by atoms with Crippen molar-refractivity contribution < 1.29 is 10.0 Å². The van der Waals surface area contributed by atoms with Crippen LogP contribution in [0.5, 0.6) is 0 Å². The topological polar surface area (TPSA) is 75.4 Å². The highest BCUT2D eigenvalue weighted by molar-refractivity contribution is 6.33. The van der Waals surface area contributed by atoms with Gasteiger partial charge in [0.15, 0.2) is 0 Å². The quantitative estimate of drug-likeness (QED) is 0.654. The lowest BCUT2D eigenvalue weighted by molar-refractivity contribution is -0.384. The van der Waals surface area contributed by atoms with Gasteiger partial charge in [0.2, 0.25) is 0 Å². The highest BCUT2D eigenvalue weighted by Crippen LogP contribution is 2.29. The van der Waals surface area contributed by atoms with Crippen molar-refractivity contribution in [3.05, 3.63) is 33.3 Å². The summed E-state index contributed by atoms with van der Waals surface area (Å²) in [7, 11) is 0. The number of benzene rings is 1. The van der Waals surface area contributed by atoms with Crippen molar-refractivity contribution in [3.63, 3.8) is 0 Å². The fourth-order valence-corrected chi connectivity index (χ4v) is 2.35. The van der Waals surface area contributed by atoms with E-state index in [0.717, 1.165) is 25.7 Å². The zero-order valence-electron chi connectivity index (χ0n) is 9.80. The molecule has 1 aliphatic rings. The average molecular weight is 271 g/mol. The third kappa shape index (κ3) is 3.11. The Bertz CT molecular complexity index is 445. The first-order valence-corrected chi connectivity index (χ1v) is 6.32.